The van der Waals surface area contributed by atoms with Crippen molar-refractivity contribution < 1.29 is 0 Å². The van der Waals surface area contributed by atoms with Gasteiger partial charge in [-0.1, -0.05) is 18.7 Å². The van der Waals surface area contributed by atoms with Gasteiger partial charge < -0.3 is 9.80 Å². The van der Waals surface area contributed by atoms with Crippen LogP contribution in [-0.2, 0) is 0 Å². The van der Waals surface area contributed by atoms with Gasteiger partial charge in [0.2, 0.25) is 0 Å². The van der Waals surface area contributed by atoms with Gasteiger partial charge in [0.05, 0.1) is 4.47 Å². The van der Waals surface area contributed by atoms with Gasteiger partial charge in [-0.2, -0.15) is 0 Å². The van der Waals surface area contributed by atoms with E-state index in [1.165, 1.54) is 0 Å². The van der Waals surface area contributed by atoms with Crippen LogP contribution in [0.5, 0.6) is 0 Å². The largest absolute Gasteiger partial charge is 0.353 e. The summed E-state index contributed by atoms with van der Waals surface area (Å²) in [5.41, 5.74) is 0. The number of piperazine rings is 1. The number of nitrogens with zero attached hydrogens (tertiary/aromatic N) is 4. The van der Waals surface area contributed by atoms with E-state index >= 15 is 0 Å². The van der Waals surface area contributed by atoms with E-state index in [4.69, 9.17) is 0 Å². The number of likely N-dealkylation sites (N-methyl/N-ethyl adjacent to an activating group) is 1. The minimum Gasteiger partial charge on any atom is -0.353 e. The summed E-state index contributed by atoms with van der Waals surface area (Å²) in [6, 6.07) is 0. The van der Waals surface area contributed by atoms with Crippen LogP contribution < -0.4 is 4.90 Å². The van der Waals surface area contributed by atoms with Crippen LogP contribution in [0.15, 0.2) is 15.8 Å². The highest BCUT2D eigenvalue weighted by Gasteiger charge is 2.19. The summed E-state index contributed by atoms with van der Waals surface area (Å²) in [6.45, 7) is 7.65. The topological polar surface area (TPSA) is 32.3 Å². The minimum absolute atomic E-state index is 0.834. The second-order valence-corrected chi connectivity index (χ2v) is 5.58. The highest BCUT2D eigenvalue weighted by atomic mass is 79.9. The van der Waals surface area contributed by atoms with Crippen molar-refractivity contribution in [2.75, 3.05) is 43.9 Å². The molecule has 17 heavy (non-hydrogen) atoms. The molecule has 1 fully saturated rings. The molecule has 6 heteroatoms. The summed E-state index contributed by atoms with van der Waals surface area (Å²) in [6.07, 6.45) is 3.85. The monoisotopic (exact) mass is 316 g/mol. The molecule has 2 heterocycles. The van der Waals surface area contributed by atoms with Gasteiger partial charge in [0.25, 0.3) is 0 Å². The Balaban J connectivity index is 2.12. The Morgan fingerprint density at radius 3 is 2.65 bits per heavy atom. The van der Waals surface area contributed by atoms with Gasteiger partial charge in [-0.3, -0.25) is 0 Å². The number of rotatable bonds is 3. The van der Waals surface area contributed by atoms with Crippen LogP contribution in [0.2, 0.25) is 0 Å². The molecule has 1 aromatic heterocycles. The van der Waals surface area contributed by atoms with Gasteiger partial charge in [-0.05, 0) is 28.7 Å². The Hall–Kier alpha value is -0.330. The van der Waals surface area contributed by atoms with E-state index < -0.39 is 0 Å². The molecule has 2 rings (SSSR count). The Morgan fingerprint density at radius 1 is 1.35 bits per heavy atom. The summed E-state index contributed by atoms with van der Waals surface area (Å²) in [5.74, 6) is 1.03. The third kappa shape index (κ3) is 3.11. The van der Waals surface area contributed by atoms with Crippen LogP contribution in [0.1, 0.15) is 6.92 Å². The van der Waals surface area contributed by atoms with Gasteiger partial charge in [0.1, 0.15) is 5.82 Å². The molecular weight excluding hydrogens is 300 g/mol. The number of thioether (sulfide) groups is 1. The Morgan fingerprint density at radius 2 is 2.06 bits per heavy atom. The van der Waals surface area contributed by atoms with Crippen molar-refractivity contribution in [2.45, 2.75) is 12.1 Å². The van der Waals surface area contributed by atoms with Crippen molar-refractivity contribution in [3.8, 4) is 0 Å². The molecule has 0 spiro atoms. The molecule has 0 bridgehead atoms. The molecule has 4 nitrogen and oxygen atoms in total. The minimum atomic E-state index is 0.834. The van der Waals surface area contributed by atoms with Crippen molar-refractivity contribution in [3.05, 3.63) is 10.7 Å². The van der Waals surface area contributed by atoms with Crippen molar-refractivity contribution >= 4 is 33.5 Å². The lowest BCUT2D eigenvalue weighted by atomic mass is 10.3. The number of hydrogen-bond acceptors (Lipinski definition) is 5. The summed E-state index contributed by atoms with van der Waals surface area (Å²) >= 11 is 5.12. The second kappa shape index (κ2) is 6.02. The van der Waals surface area contributed by atoms with Gasteiger partial charge in [0.15, 0.2) is 5.16 Å². The van der Waals surface area contributed by atoms with Crippen LogP contribution in [0, 0.1) is 0 Å². The molecule has 0 saturated carbocycles. The van der Waals surface area contributed by atoms with Gasteiger partial charge in [-0.15, -0.1) is 0 Å². The first-order valence-corrected chi connectivity index (χ1v) is 7.80. The summed E-state index contributed by atoms with van der Waals surface area (Å²) < 4.78 is 0.986. The van der Waals surface area contributed by atoms with Crippen molar-refractivity contribution in [1.82, 2.24) is 14.9 Å². The maximum absolute atomic E-state index is 4.58. The highest BCUT2D eigenvalue weighted by molar-refractivity contribution is 9.10. The molecule has 0 unspecified atom stereocenters. The molecule has 0 radical (unpaired) electrons. The van der Waals surface area contributed by atoms with Crippen LogP contribution in [0.4, 0.5) is 5.82 Å². The summed E-state index contributed by atoms with van der Waals surface area (Å²) in [7, 11) is 0. The average molecular weight is 317 g/mol. The van der Waals surface area contributed by atoms with Crippen molar-refractivity contribution in [2.24, 2.45) is 0 Å². The molecule has 94 valence electrons. The van der Waals surface area contributed by atoms with Crippen LogP contribution >= 0.6 is 27.7 Å². The molecule has 0 aromatic carbocycles. The normalized spacial score (nSPS) is 17.5. The molecule has 0 aliphatic carbocycles. The predicted octanol–water partition coefficient (Wildman–Crippen LogP) is 2.10. The van der Waals surface area contributed by atoms with Gasteiger partial charge >= 0.3 is 0 Å². The molecule has 1 aromatic rings. The first-order valence-electron chi connectivity index (χ1n) is 5.78. The van der Waals surface area contributed by atoms with E-state index in [1.54, 1.807) is 11.8 Å². The van der Waals surface area contributed by atoms with Crippen LogP contribution in [0.25, 0.3) is 0 Å². The summed E-state index contributed by atoms with van der Waals surface area (Å²) in [4.78, 5) is 13.6. The van der Waals surface area contributed by atoms with E-state index in [1.807, 2.05) is 12.5 Å². The standard InChI is InChI=1S/C11H17BrN4S/c1-3-15-4-6-16(7-5-15)10-9(12)8-13-11(14-10)17-2/h8H,3-7H2,1-2H3. The Labute approximate surface area is 115 Å². The fourth-order valence-corrected chi connectivity index (χ4v) is 2.72. The van der Waals surface area contributed by atoms with Gasteiger partial charge in [0, 0.05) is 32.4 Å². The lowest BCUT2D eigenvalue weighted by Gasteiger charge is -2.35. The maximum atomic E-state index is 4.58. The first-order chi connectivity index (χ1) is 8.24. The molecule has 0 amide bonds. The lowest BCUT2D eigenvalue weighted by Crippen LogP contribution is -2.46. The number of hydrogen-bond donors (Lipinski definition) is 0. The first kappa shape index (κ1) is 13.1. The zero-order chi connectivity index (χ0) is 12.3. The van der Waals surface area contributed by atoms with E-state index in [-0.39, 0.29) is 0 Å². The second-order valence-electron chi connectivity index (χ2n) is 3.95. The third-order valence-corrected chi connectivity index (χ3v) is 4.13. The predicted molar refractivity (Wildman–Crippen MR) is 75.8 cm³/mol. The third-order valence-electron chi connectivity index (χ3n) is 3.01. The zero-order valence-electron chi connectivity index (χ0n) is 10.2. The fraction of sp³-hybridized carbons (Fsp3) is 0.636. The quantitative estimate of drug-likeness (QED) is 0.630. The lowest BCUT2D eigenvalue weighted by molar-refractivity contribution is 0.270. The van der Waals surface area contributed by atoms with E-state index in [0.717, 1.165) is 48.2 Å². The van der Waals surface area contributed by atoms with E-state index in [2.05, 4.69) is 42.6 Å². The van der Waals surface area contributed by atoms with E-state index in [0.29, 0.717) is 0 Å². The number of aromatic nitrogens is 2. The Kier molecular flexibility index (Phi) is 4.64. The molecule has 0 atom stereocenters. The molecule has 0 N–H and O–H groups in total. The van der Waals surface area contributed by atoms with Crippen molar-refractivity contribution in [1.29, 1.82) is 0 Å². The van der Waals surface area contributed by atoms with E-state index in [9.17, 15) is 0 Å². The SMILES string of the molecule is CCN1CCN(c2nc(SC)ncc2Br)CC1. The number of anilines is 1. The molecule has 1 aliphatic heterocycles. The van der Waals surface area contributed by atoms with Crippen molar-refractivity contribution in [3.63, 3.8) is 0 Å². The Bertz CT molecular complexity index is 380. The summed E-state index contributed by atoms with van der Waals surface area (Å²) in [5, 5.41) is 0.834. The molecule has 1 saturated heterocycles. The molecular formula is C11H17BrN4S. The van der Waals surface area contributed by atoms with Crippen LogP contribution in [0.3, 0.4) is 0 Å². The smallest absolute Gasteiger partial charge is 0.189 e. The molecule has 1 aliphatic rings. The van der Waals surface area contributed by atoms with Crippen LogP contribution in [-0.4, -0.2) is 53.8 Å². The maximum Gasteiger partial charge on any atom is 0.189 e. The zero-order valence-corrected chi connectivity index (χ0v) is 12.6. The fourth-order valence-electron chi connectivity index (χ4n) is 1.94. The average Bonchev–Trinajstić information content (AvgIpc) is 2.39. The van der Waals surface area contributed by atoms with Gasteiger partial charge in [-0.25, -0.2) is 9.97 Å². The number of halogens is 1. The highest BCUT2D eigenvalue weighted by Crippen LogP contribution is 2.26.